The Morgan fingerprint density at radius 3 is 2.81 bits per heavy atom. The summed E-state index contributed by atoms with van der Waals surface area (Å²) < 4.78 is 25.7. The summed E-state index contributed by atoms with van der Waals surface area (Å²) in [6.07, 6.45) is 0. The minimum atomic E-state index is -3.53. The molecule has 0 saturated heterocycles. The molecule has 0 saturated carbocycles. The highest BCUT2D eigenvalue weighted by Crippen LogP contribution is 2.14. The zero-order valence-electron chi connectivity index (χ0n) is 11.3. The van der Waals surface area contributed by atoms with Crippen molar-refractivity contribution in [3.63, 3.8) is 0 Å². The number of hydrogen-bond donors (Lipinski definition) is 1. The van der Waals surface area contributed by atoms with Crippen molar-refractivity contribution in [3.05, 3.63) is 52.0 Å². The van der Waals surface area contributed by atoms with Crippen LogP contribution in [0.25, 0.3) is 0 Å². The molecule has 112 valence electrons. The van der Waals surface area contributed by atoms with Gasteiger partial charge in [0.15, 0.2) is 0 Å². The fraction of sp³-hybridized carbons (Fsp3) is 0.231. The molecule has 0 radical (unpaired) electrons. The van der Waals surface area contributed by atoms with E-state index in [1.807, 2.05) is 0 Å². The molecule has 1 aromatic carbocycles. The summed E-state index contributed by atoms with van der Waals surface area (Å²) in [5.74, 6) is -1.32. The van der Waals surface area contributed by atoms with Crippen molar-refractivity contribution in [2.45, 2.75) is 12.3 Å². The van der Waals surface area contributed by atoms with Crippen LogP contribution in [0.3, 0.4) is 0 Å². The molecule has 6 nitrogen and oxygen atoms in total. The molecule has 0 bridgehead atoms. The van der Waals surface area contributed by atoms with E-state index in [1.165, 1.54) is 40.9 Å². The van der Waals surface area contributed by atoms with Gasteiger partial charge in [-0.25, -0.2) is 18.2 Å². The van der Waals surface area contributed by atoms with E-state index >= 15 is 0 Å². The Hall–Kier alpha value is -1.77. The highest BCUT2D eigenvalue weighted by atomic mass is 32.2. The maximum absolute atomic E-state index is 12.3. The van der Waals surface area contributed by atoms with Gasteiger partial charge in [0.1, 0.15) is 0 Å². The molecule has 2 aromatic rings. The second-order valence-corrected chi connectivity index (χ2v) is 7.29. The average Bonchev–Trinajstić information content (AvgIpc) is 2.91. The Balaban J connectivity index is 2.13. The SMILES string of the molecule is CN(Cc1cscn1)S(=O)(=O)Cc1cccc(C(=O)O)c1. The minimum absolute atomic E-state index is 0.0739. The molecule has 21 heavy (non-hydrogen) atoms. The lowest BCUT2D eigenvalue weighted by molar-refractivity contribution is 0.0696. The van der Waals surface area contributed by atoms with Gasteiger partial charge >= 0.3 is 5.97 Å². The predicted molar refractivity (Wildman–Crippen MR) is 79.6 cm³/mol. The molecule has 1 N–H and O–H groups in total. The topological polar surface area (TPSA) is 87.6 Å². The quantitative estimate of drug-likeness (QED) is 0.874. The van der Waals surface area contributed by atoms with Crippen LogP contribution in [0.1, 0.15) is 21.6 Å². The van der Waals surface area contributed by atoms with Crippen LogP contribution in [0.2, 0.25) is 0 Å². The largest absolute Gasteiger partial charge is 0.478 e. The van der Waals surface area contributed by atoms with Crippen molar-refractivity contribution in [2.24, 2.45) is 0 Å². The summed E-state index contributed by atoms with van der Waals surface area (Å²) in [6.45, 7) is 0.199. The van der Waals surface area contributed by atoms with Crippen LogP contribution in [0.5, 0.6) is 0 Å². The van der Waals surface area contributed by atoms with Crippen molar-refractivity contribution in [3.8, 4) is 0 Å². The molecule has 0 aliphatic rings. The maximum atomic E-state index is 12.3. The van der Waals surface area contributed by atoms with E-state index in [0.29, 0.717) is 11.3 Å². The standard InChI is InChI=1S/C13H14N2O4S2/c1-15(6-12-7-20-9-14-12)21(18,19)8-10-3-2-4-11(5-10)13(16)17/h2-5,7,9H,6,8H2,1H3,(H,16,17). The van der Waals surface area contributed by atoms with Gasteiger partial charge in [-0.2, -0.15) is 4.31 Å². The van der Waals surface area contributed by atoms with Gasteiger partial charge in [-0.3, -0.25) is 0 Å². The zero-order valence-corrected chi connectivity index (χ0v) is 12.9. The normalized spacial score (nSPS) is 11.7. The number of carboxylic acid groups (broad SMARTS) is 1. The maximum Gasteiger partial charge on any atom is 0.335 e. The van der Waals surface area contributed by atoms with E-state index in [4.69, 9.17) is 5.11 Å². The second-order valence-electron chi connectivity index (χ2n) is 4.50. The van der Waals surface area contributed by atoms with E-state index in [9.17, 15) is 13.2 Å². The molecule has 0 aliphatic carbocycles. The summed E-state index contributed by atoms with van der Waals surface area (Å²) in [5, 5.41) is 10.7. The molecule has 0 unspecified atom stereocenters. The first-order valence-electron chi connectivity index (χ1n) is 6.02. The van der Waals surface area contributed by atoms with Crippen LogP contribution in [0.4, 0.5) is 0 Å². The summed E-state index contributed by atoms with van der Waals surface area (Å²) in [6, 6.07) is 5.93. The third-order valence-corrected chi connectivity index (χ3v) is 5.28. The summed E-state index contributed by atoms with van der Waals surface area (Å²) in [5.41, 5.74) is 2.85. The van der Waals surface area contributed by atoms with Gasteiger partial charge in [0.25, 0.3) is 0 Å². The van der Waals surface area contributed by atoms with Crippen LogP contribution in [-0.2, 0) is 22.3 Å². The first-order valence-corrected chi connectivity index (χ1v) is 8.57. The number of carbonyl (C=O) groups is 1. The van der Waals surface area contributed by atoms with E-state index < -0.39 is 16.0 Å². The molecule has 0 aliphatic heterocycles. The van der Waals surface area contributed by atoms with Crippen LogP contribution in [-0.4, -0.2) is 35.8 Å². The highest BCUT2D eigenvalue weighted by Gasteiger charge is 2.20. The number of aromatic nitrogens is 1. The number of benzene rings is 1. The van der Waals surface area contributed by atoms with Gasteiger partial charge in [-0.05, 0) is 17.7 Å². The molecule has 0 atom stereocenters. The average molecular weight is 326 g/mol. The molecule has 2 rings (SSSR count). The van der Waals surface area contributed by atoms with Gasteiger partial charge in [0, 0.05) is 12.4 Å². The van der Waals surface area contributed by atoms with E-state index in [2.05, 4.69) is 4.98 Å². The smallest absolute Gasteiger partial charge is 0.335 e. The highest BCUT2D eigenvalue weighted by molar-refractivity contribution is 7.88. The van der Waals surface area contributed by atoms with E-state index in [1.54, 1.807) is 17.0 Å². The van der Waals surface area contributed by atoms with Gasteiger partial charge < -0.3 is 5.11 Å². The third kappa shape index (κ3) is 4.10. The first kappa shape index (κ1) is 15.6. The minimum Gasteiger partial charge on any atom is -0.478 e. The zero-order chi connectivity index (χ0) is 15.5. The lowest BCUT2D eigenvalue weighted by atomic mass is 10.1. The molecule has 1 aromatic heterocycles. The third-order valence-electron chi connectivity index (χ3n) is 2.87. The van der Waals surface area contributed by atoms with Crippen LogP contribution < -0.4 is 0 Å². The fourth-order valence-corrected chi connectivity index (χ4v) is 3.46. The summed E-state index contributed by atoms with van der Waals surface area (Å²) in [4.78, 5) is 14.9. The van der Waals surface area contributed by atoms with Crippen molar-refractivity contribution >= 4 is 27.3 Å². The Morgan fingerprint density at radius 2 is 2.19 bits per heavy atom. The molecular weight excluding hydrogens is 312 g/mol. The Labute approximate surface area is 126 Å². The van der Waals surface area contributed by atoms with Gasteiger partial charge in [-0.1, -0.05) is 12.1 Å². The van der Waals surface area contributed by atoms with Gasteiger partial charge in [0.05, 0.1) is 29.1 Å². The fourth-order valence-electron chi connectivity index (χ4n) is 1.76. The molecule has 0 fully saturated rings. The number of thiazole rings is 1. The van der Waals surface area contributed by atoms with Crippen molar-refractivity contribution < 1.29 is 18.3 Å². The number of aromatic carboxylic acids is 1. The molecular formula is C13H14N2O4S2. The summed E-state index contributed by atoms with van der Waals surface area (Å²) in [7, 11) is -2.04. The Kier molecular flexibility index (Phi) is 4.71. The second kappa shape index (κ2) is 6.33. The Morgan fingerprint density at radius 1 is 1.43 bits per heavy atom. The molecule has 0 amide bonds. The van der Waals surface area contributed by atoms with Crippen molar-refractivity contribution in [1.29, 1.82) is 0 Å². The van der Waals surface area contributed by atoms with Crippen LogP contribution in [0.15, 0.2) is 35.2 Å². The summed E-state index contributed by atoms with van der Waals surface area (Å²) >= 11 is 1.40. The molecule has 0 spiro atoms. The van der Waals surface area contributed by atoms with E-state index in [-0.39, 0.29) is 17.9 Å². The number of rotatable bonds is 6. The van der Waals surface area contributed by atoms with Crippen LogP contribution in [0, 0.1) is 0 Å². The van der Waals surface area contributed by atoms with Crippen molar-refractivity contribution in [2.75, 3.05) is 7.05 Å². The monoisotopic (exact) mass is 326 g/mol. The number of hydrogen-bond acceptors (Lipinski definition) is 5. The lowest BCUT2D eigenvalue weighted by Gasteiger charge is -2.16. The molecule has 8 heteroatoms. The van der Waals surface area contributed by atoms with Gasteiger partial charge in [0.2, 0.25) is 10.0 Å². The Bertz CT molecular complexity index is 726. The number of carboxylic acids is 1. The van der Waals surface area contributed by atoms with Crippen molar-refractivity contribution in [1.82, 2.24) is 9.29 Å². The van der Waals surface area contributed by atoms with Gasteiger partial charge in [-0.15, -0.1) is 11.3 Å². The predicted octanol–water partition coefficient (Wildman–Crippen LogP) is 1.80. The number of sulfonamides is 1. The van der Waals surface area contributed by atoms with Crippen LogP contribution >= 0.6 is 11.3 Å². The molecule has 1 heterocycles. The first-order chi connectivity index (χ1) is 9.88. The van der Waals surface area contributed by atoms with E-state index in [0.717, 1.165) is 0 Å². The lowest BCUT2D eigenvalue weighted by Crippen LogP contribution is -2.28. The number of nitrogens with zero attached hydrogens (tertiary/aromatic N) is 2.